The van der Waals surface area contributed by atoms with E-state index in [-0.39, 0.29) is 46.0 Å². The summed E-state index contributed by atoms with van der Waals surface area (Å²) in [5.74, 6) is -1.60. The molecule has 0 bridgehead atoms. The maximum absolute atomic E-state index is 13.4. The summed E-state index contributed by atoms with van der Waals surface area (Å²) in [5, 5.41) is 16.0. The van der Waals surface area contributed by atoms with E-state index in [4.69, 9.17) is 5.14 Å². The molecule has 10 nitrogen and oxygen atoms in total. The number of hydrogen-bond acceptors (Lipinski definition) is 8. The number of sulfonamides is 1. The van der Waals surface area contributed by atoms with Gasteiger partial charge in [0.15, 0.2) is 5.69 Å². The van der Waals surface area contributed by atoms with Gasteiger partial charge in [-0.25, -0.2) is 31.9 Å². The van der Waals surface area contributed by atoms with Crippen LogP contribution in [0.15, 0.2) is 36.6 Å². The fraction of sp³-hybridized carbons (Fsp3) is 0.231. The number of hydrogen-bond donors (Lipinski definition) is 1. The Balaban J connectivity index is 1.98. The predicted octanol–water partition coefficient (Wildman–Crippen LogP) is 0.998. The molecule has 26 heavy (non-hydrogen) atoms. The van der Waals surface area contributed by atoms with Crippen LogP contribution >= 0.6 is 15.9 Å². The van der Waals surface area contributed by atoms with Gasteiger partial charge >= 0.3 is 5.76 Å². The third-order valence-corrected chi connectivity index (χ3v) is 4.84. The second kappa shape index (κ2) is 7.09. The number of rotatable bonds is 6. The number of primary sulfonamides is 1. The molecule has 138 valence electrons. The van der Waals surface area contributed by atoms with Gasteiger partial charge in [0.1, 0.15) is 11.5 Å². The maximum Gasteiger partial charge on any atom is 0.446 e. The van der Waals surface area contributed by atoms with Crippen LogP contribution in [0.2, 0.25) is 0 Å². The monoisotopic (exact) mass is 447 g/mol. The molecular weight excluding hydrogens is 437 g/mol. The highest BCUT2D eigenvalue weighted by Gasteiger charge is 2.23. The minimum atomic E-state index is -3.62. The van der Waals surface area contributed by atoms with Crippen LogP contribution < -0.4 is 10.9 Å². The van der Waals surface area contributed by atoms with Crippen molar-refractivity contribution in [2.75, 3.05) is 5.75 Å². The zero-order valence-electron chi connectivity index (χ0n) is 12.9. The average molecular weight is 448 g/mol. The zero-order valence-corrected chi connectivity index (χ0v) is 15.3. The molecule has 2 heterocycles. The van der Waals surface area contributed by atoms with Gasteiger partial charge in [-0.1, -0.05) is 10.3 Å². The highest BCUT2D eigenvalue weighted by Crippen LogP contribution is 2.24. The Morgan fingerprint density at radius 3 is 2.73 bits per heavy atom. The van der Waals surface area contributed by atoms with Crippen LogP contribution in [-0.2, 0) is 16.4 Å². The lowest BCUT2D eigenvalue weighted by molar-refractivity contribution is 0.304. The molecule has 3 aromatic rings. The van der Waals surface area contributed by atoms with Gasteiger partial charge in [0.05, 0.1) is 15.9 Å². The van der Waals surface area contributed by atoms with Crippen LogP contribution in [0.3, 0.4) is 0 Å². The van der Waals surface area contributed by atoms with E-state index in [1.54, 1.807) is 0 Å². The normalized spacial score (nSPS) is 11.8. The maximum atomic E-state index is 13.4. The molecule has 2 aromatic heterocycles. The van der Waals surface area contributed by atoms with Crippen LogP contribution in [0.1, 0.15) is 12.1 Å². The van der Waals surface area contributed by atoms with E-state index in [2.05, 4.69) is 40.6 Å². The molecule has 0 amide bonds. The van der Waals surface area contributed by atoms with Crippen molar-refractivity contribution >= 4 is 26.0 Å². The Morgan fingerprint density at radius 2 is 2.04 bits per heavy atom. The van der Waals surface area contributed by atoms with Crippen LogP contribution in [-0.4, -0.2) is 34.2 Å². The van der Waals surface area contributed by atoms with Gasteiger partial charge in [-0.2, -0.15) is 0 Å². The van der Waals surface area contributed by atoms with Gasteiger partial charge in [-0.05, 0) is 52.1 Å². The van der Waals surface area contributed by atoms with Gasteiger partial charge in [0.25, 0.3) is 0 Å². The Labute approximate surface area is 153 Å². The number of benzene rings is 1. The molecule has 0 saturated heterocycles. The van der Waals surface area contributed by atoms with Gasteiger partial charge in [0.2, 0.25) is 15.8 Å². The van der Waals surface area contributed by atoms with Gasteiger partial charge in [0, 0.05) is 0 Å². The number of nitrogens with two attached hydrogens (primary N) is 1. The standard InChI is InChI=1S/C13H11BrFN5O5S/c14-8-6-7(3-4-9(8)15)20-12(19-24-13(20)21)11-10(17-25-18-11)2-1-5-26(16,22)23/h3-4,6H,1-2,5H2,(H2,16,22,23). The fourth-order valence-electron chi connectivity index (χ4n) is 2.23. The summed E-state index contributed by atoms with van der Waals surface area (Å²) in [6, 6.07) is 3.89. The van der Waals surface area contributed by atoms with E-state index in [1.165, 1.54) is 12.1 Å². The van der Waals surface area contributed by atoms with Crippen LogP contribution in [0.5, 0.6) is 0 Å². The van der Waals surface area contributed by atoms with E-state index in [0.29, 0.717) is 0 Å². The average Bonchev–Trinajstić information content (AvgIpc) is 3.15. The molecule has 0 radical (unpaired) electrons. The molecule has 0 unspecified atom stereocenters. The Bertz CT molecular complexity index is 1110. The van der Waals surface area contributed by atoms with E-state index < -0.39 is 21.6 Å². The Kier molecular flexibility index (Phi) is 5.02. The molecule has 0 aliphatic heterocycles. The minimum absolute atomic E-state index is 0.0136. The van der Waals surface area contributed by atoms with Crippen molar-refractivity contribution in [3.8, 4) is 17.2 Å². The molecule has 0 atom stereocenters. The molecule has 13 heteroatoms. The van der Waals surface area contributed by atoms with Crippen LogP contribution in [0.25, 0.3) is 17.2 Å². The van der Waals surface area contributed by atoms with Crippen molar-refractivity contribution in [2.45, 2.75) is 12.8 Å². The summed E-state index contributed by atoms with van der Waals surface area (Å²) in [5.41, 5.74) is 0.653. The van der Waals surface area contributed by atoms with Gasteiger partial charge in [-0.3, -0.25) is 4.52 Å². The Hall–Kier alpha value is -2.38. The molecule has 0 saturated carbocycles. The highest BCUT2D eigenvalue weighted by molar-refractivity contribution is 9.10. The molecule has 1 aromatic carbocycles. The molecule has 3 rings (SSSR count). The fourth-order valence-corrected chi connectivity index (χ4v) is 3.15. The topological polar surface area (TPSA) is 147 Å². The Morgan fingerprint density at radius 1 is 1.27 bits per heavy atom. The van der Waals surface area contributed by atoms with E-state index >= 15 is 0 Å². The van der Waals surface area contributed by atoms with Gasteiger partial charge in [-0.15, -0.1) is 0 Å². The first kappa shape index (κ1) is 18.4. The summed E-state index contributed by atoms with van der Waals surface area (Å²) in [6.45, 7) is 0. The quantitative estimate of drug-likeness (QED) is 0.588. The van der Waals surface area contributed by atoms with E-state index in [0.717, 1.165) is 10.6 Å². The lowest BCUT2D eigenvalue weighted by atomic mass is 10.2. The molecule has 2 N–H and O–H groups in total. The number of halogens is 2. The van der Waals surface area contributed by atoms with Crippen molar-refractivity contribution in [3.05, 3.63) is 44.7 Å². The predicted molar refractivity (Wildman–Crippen MR) is 89.3 cm³/mol. The zero-order chi connectivity index (χ0) is 18.9. The molecule has 0 aliphatic carbocycles. The lowest BCUT2D eigenvalue weighted by Gasteiger charge is -2.04. The van der Waals surface area contributed by atoms with Crippen molar-refractivity contribution < 1.29 is 22.0 Å². The minimum Gasteiger partial charge on any atom is -0.295 e. The molecule has 0 spiro atoms. The first-order valence-electron chi connectivity index (χ1n) is 7.12. The summed E-state index contributed by atoms with van der Waals surface area (Å²) >= 11 is 3.04. The smallest absolute Gasteiger partial charge is 0.295 e. The van der Waals surface area contributed by atoms with Crippen molar-refractivity contribution in [1.82, 2.24) is 20.0 Å². The van der Waals surface area contributed by atoms with Crippen LogP contribution in [0, 0.1) is 5.82 Å². The van der Waals surface area contributed by atoms with Crippen molar-refractivity contribution in [1.29, 1.82) is 0 Å². The third kappa shape index (κ3) is 3.89. The van der Waals surface area contributed by atoms with Crippen LogP contribution in [0.4, 0.5) is 4.39 Å². The van der Waals surface area contributed by atoms with Crippen molar-refractivity contribution in [2.24, 2.45) is 5.14 Å². The number of aryl methyl sites for hydroxylation is 1. The van der Waals surface area contributed by atoms with Crippen molar-refractivity contribution in [3.63, 3.8) is 0 Å². The first-order valence-corrected chi connectivity index (χ1v) is 9.63. The van der Waals surface area contributed by atoms with Gasteiger partial charge < -0.3 is 0 Å². The lowest BCUT2D eigenvalue weighted by Crippen LogP contribution is -2.17. The number of nitrogens with zero attached hydrogens (tertiary/aromatic N) is 4. The SMILES string of the molecule is NS(=O)(=O)CCCc1nonc1-c1noc(=O)n1-c1ccc(F)c(Br)c1. The summed E-state index contributed by atoms with van der Waals surface area (Å²) in [7, 11) is -3.62. The third-order valence-electron chi connectivity index (χ3n) is 3.38. The summed E-state index contributed by atoms with van der Waals surface area (Å²) < 4.78 is 46.1. The molecule has 0 aliphatic rings. The summed E-state index contributed by atoms with van der Waals surface area (Å²) in [6.07, 6.45) is 0.341. The highest BCUT2D eigenvalue weighted by atomic mass is 79.9. The van der Waals surface area contributed by atoms with E-state index in [9.17, 15) is 17.6 Å². The first-order chi connectivity index (χ1) is 12.3. The largest absolute Gasteiger partial charge is 0.446 e. The number of aromatic nitrogens is 4. The van der Waals surface area contributed by atoms with E-state index in [1.807, 2.05) is 0 Å². The summed E-state index contributed by atoms with van der Waals surface area (Å²) in [4.78, 5) is 12.0. The second-order valence-electron chi connectivity index (χ2n) is 5.24. The molecule has 0 fully saturated rings. The molecular formula is C13H11BrFN5O5S. The second-order valence-corrected chi connectivity index (χ2v) is 7.82.